The van der Waals surface area contributed by atoms with Crippen molar-refractivity contribution in [2.24, 2.45) is 5.92 Å². The summed E-state index contributed by atoms with van der Waals surface area (Å²) in [5.74, 6) is -0.554. The molecule has 200 valence electrons. The molecule has 1 aromatic heterocycles. The van der Waals surface area contributed by atoms with Crippen molar-refractivity contribution < 1.29 is 23.5 Å². The van der Waals surface area contributed by atoms with Gasteiger partial charge in [-0.05, 0) is 89.9 Å². The van der Waals surface area contributed by atoms with Crippen LogP contribution in [0.15, 0.2) is 40.8 Å². The number of carbonyl (C=O) groups excluding carboxylic acids is 3. The number of nitrogens with zero attached hydrogens (tertiary/aromatic N) is 2. The minimum atomic E-state index is -0.657. The molecule has 2 amide bonds. The molecule has 1 aliphatic heterocycles. The molecular formula is C28H36ClN3O5. The third-order valence-electron chi connectivity index (χ3n) is 7.67. The molecule has 2 fully saturated rings. The van der Waals surface area contributed by atoms with Crippen LogP contribution in [0.5, 0.6) is 0 Å². The summed E-state index contributed by atoms with van der Waals surface area (Å²) in [7, 11) is 2.08. The fourth-order valence-corrected chi connectivity index (χ4v) is 5.55. The molecule has 0 bridgehead atoms. The molecule has 8 nitrogen and oxygen atoms in total. The third-order valence-corrected chi connectivity index (χ3v) is 7.92. The Morgan fingerprint density at radius 1 is 1.16 bits per heavy atom. The Labute approximate surface area is 223 Å². The Kier molecular flexibility index (Phi) is 8.60. The molecule has 1 aromatic carbocycles. The first kappa shape index (κ1) is 27.2. The minimum Gasteiger partial charge on any atom is -0.466 e. The lowest BCUT2D eigenvalue weighted by atomic mass is 9.80. The van der Waals surface area contributed by atoms with Crippen LogP contribution in [0.4, 0.5) is 0 Å². The van der Waals surface area contributed by atoms with E-state index >= 15 is 0 Å². The maximum atomic E-state index is 13.4. The molecule has 9 heteroatoms. The Hall–Kier alpha value is -2.84. The predicted molar refractivity (Wildman–Crippen MR) is 141 cm³/mol. The summed E-state index contributed by atoms with van der Waals surface area (Å²) in [5, 5.41) is 3.44. The van der Waals surface area contributed by atoms with Gasteiger partial charge in [0.2, 0.25) is 5.91 Å². The van der Waals surface area contributed by atoms with Crippen LogP contribution in [-0.2, 0) is 14.3 Å². The van der Waals surface area contributed by atoms with E-state index in [-0.39, 0.29) is 35.6 Å². The van der Waals surface area contributed by atoms with Crippen molar-refractivity contribution in [3.63, 3.8) is 0 Å². The summed E-state index contributed by atoms with van der Waals surface area (Å²) < 4.78 is 11.1. The van der Waals surface area contributed by atoms with Crippen molar-refractivity contribution in [3.8, 4) is 11.3 Å². The van der Waals surface area contributed by atoms with E-state index in [0.29, 0.717) is 42.8 Å². The van der Waals surface area contributed by atoms with Crippen molar-refractivity contribution in [1.29, 1.82) is 0 Å². The number of esters is 1. The van der Waals surface area contributed by atoms with E-state index in [9.17, 15) is 14.4 Å². The van der Waals surface area contributed by atoms with Crippen LogP contribution in [0, 0.1) is 5.92 Å². The number of halogens is 1. The molecule has 2 heterocycles. The molecule has 0 unspecified atom stereocenters. The van der Waals surface area contributed by atoms with Crippen molar-refractivity contribution in [3.05, 3.63) is 47.2 Å². The fourth-order valence-electron chi connectivity index (χ4n) is 5.42. The minimum absolute atomic E-state index is 0.137. The number of hydrogen-bond acceptors (Lipinski definition) is 6. The molecule has 0 radical (unpaired) electrons. The standard InChI is InChI=1S/C28H36ClN3O5/c1-5-36-28(35)21-16-20(31(4)17(2)3)10-11-23(21)32-15-14-22(27(32)34)30-26(33)25-13-12-24(37-25)18-6-8-19(29)9-7-18/h6-9,12-13,17,20-23H,5,10-11,14-16H2,1-4H3,(H,30,33)/t20-,21+,22+,23+/m1/s1. The average Bonchev–Trinajstić information content (AvgIpc) is 3.51. The van der Waals surface area contributed by atoms with Gasteiger partial charge >= 0.3 is 5.97 Å². The summed E-state index contributed by atoms with van der Waals surface area (Å²) in [5.41, 5.74) is 0.801. The Morgan fingerprint density at radius 3 is 2.57 bits per heavy atom. The van der Waals surface area contributed by atoms with Crippen LogP contribution in [0.1, 0.15) is 57.0 Å². The highest BCUT2D eigenvalue weighted by atomic mass is 35.5. The summed E-state index contributed by atoms with van der Waals surface area (Å²) in [4.78, 5) is 43.3. The maximum absolute atomic E-state index is 13.4. The van der Waals surface area contributed by atoms with Crippen LogP contribution in [0.25, 0.3) is 11.3 Å². The zero-order chi connectivity index (χ0) is 26.7. The van der Waals surface area contributed by atoms with E-state index in [1.165, 1.54) is 0 Å². The number of nitrogens with one attached hydrogen (secondary N) is 1. The van der Waals surface area contributed by atoms with E-state index in [2.05, 4.69) is 31.1 Å². The van der Waals surface area contributed by atoms with Gasteiger partial charge in [0.1, 0.15) is 11.8 Å². The van der Waals surface area contributed by atoms with Gasteiger partial charge in [0, 0.05) is 35.3 Å². The number of furan rings is 1. The van der Waals surface area contributed by atoms with Gasteiger partial charge in [-0.15, -0.1) is 0 Å². The van der Waals surface area contributed by atoms with E-state index in [1.54, 1.807) is 36.1 Å². The van der Waals surface area contributed by atoms with Crippen LogP contribution in [-0.4, -0.2) is 72.0 Å². The zero-order valence-electron chi connectivity index (χ0n) is 21.9. The monoisotopic (exact) mass is 529 g/mol. The molecule has 37 heavy (non-hydrogen) atoms. The van der Waals surface area contributed by atoms with Crippen LogP contribution in [0.2, 0.25) is 5.02 Å². The normalized spacial score (nSPS) is 24.1. The Morgan fingerprint density at radius 2 is 1.89 bits per heavy atom. The number of benzene rings is 1. The average molecular weight is 530 g/mol. The van der Waals surface area contributed by atoms with E-state index in [4.69, 9.17) is 20.8 Å². The van der Waals surface area contributed by atoms with Gasteiger partial charge in [0.25, 0.3) is 5.91 Å². The molecule has 4 rings (SSSR count). The number of likely N-dealkylation sites (tertiary alicyclic amines) is 1. The van der Waals surface area contributed by atoms with E-state index in [0.717, 1.165) is 18.4 Å². The molecule has 1 saturated carbocycles. The number of carbonyl (C=O) groups is 3. The van der Waals surface area contributed by atoms with E-state index < -0.39 is 11.9 Å². The highest BCUT2D eigenvalue weighted by Crippen LogP contribution is 2.35. The summed E-state index contributed by atoms with van der Waals surface area (Å²) in [6, 6.07) is 10.2. The molecule has 0 spiro atoms. The van der Waals surface area contributed by atoms with E-state index in [1.807, 2.05) is 12.1 Å². The topological polar surface area (TPSA) is 92.1 Å². The first-order valence-electron chi connectivity index (χ1n) is 13.0. The fraction of sp³-hybridized carbons (Fsp3) is 0.536. The van der Waals surface area contributed by atoms with Crippen molar-refractivity contribution in [1.82, 2.24) is 15.1 Å². The lowest BCUT2D eigenvalue weighted by Gasteiger charge is -2.43. The first-order chi connectivity index (χ1) is 17.7. The number of amides is 2. The smallest absolute Gasteiger partial charge is 0.311 e. The molecule has 2 aliphatic rings. The van der Waals surface area contributed by atoms with Gasteiger partial charge in [0.15, 0.2) is 5.76 Å². The number of hydrogen-bond donors (Lipinski definition) is 1. The third kappa shape index (κ3) is 6.02. The van der Waals surface area contributed by atoms with Crippen molar-refractivity contribution in [2.45, 2.75) is 70.6 Å². The Bertz CT molecular complexity index is 1120. The van der Waals surface area contributed by atoms with Gasteiger partial charge in [-0.25, -0.2) is 0 Å². The van der Waals surface area contributed by atoms with Gasteiger partial charge in [-0.3, -0.25) is 14.4 Å². The molecule has 1 saturated heterocycles. The molecular weight excluding hydrogens is 494 g/mol. The largest absolute Gasteiger partial charge is 0.466 e. The molecule has 1 N–H and O–H groups in total. The zero-order valence-corrected chi connectivity index (χ0v) is 22.7. The van der Waals surface area contributed by atoms with Crippen LogP contribution < -0.4 is 5.32 Å². The highest BCUT2D eigenvalue weighted by molar-refractivity contribution is 6.30. The van der Waals surface area contributed by atoms with Crippen molar-refractivity contribution in [2.75, 3.05) is 20.2 Å². The predicted octanol–water partition coefficient (Wildman–Crippen LogP) is 4.37. The molecule has 2 aromatic rings. The SMILES string of the molecule is CCOC(=O)[C@H]1C[C@H](N(C)C(C)C)CC[C@@H]1N1CC[C@H](NC(=O)c2ccc(-c3ccc(Cl)cc3)o2)C1=O. The van der Waals surface area contributed by atoms with Gasteiger partial charge in [0.05, 0.1) is 12.5 Å². The number of rotatable bonds is 8. The van der Waals surface area contributed by atoms with Crippen LogP contribution in [0.3, 0.4) is 0 Å². The second-order valence-electron chi connectivity index (χ2n) is 10.2. The summed E-state index contributed by atoms with van der Waals surface area (Å²) in [6.45, 7) is 6.87. The highest BCUT2D eigenvalue weighted by Gasteiger charge is 2.46. The molecule has 1 aliphatic carbocycles. The van der Waals surface area contributed by atoms with Gasteiger partial charge in [-0.2, -0.15) is 0 Å². The summed E-state index contributed by atoms with van der Waals surface area (Å²) in [6.07, 6.45) is 2.76. The molecule has 4 atom stereocenters. The second-order valence-corrected chi connectivity index (χ2v) is 10.6. The van der Waals surface area contributed by atoms with Crippen molar-refractivity contribution >= 4 is 29.4 Å². The van der Waals surface area contributed by atoms with Gasteiger partial charge < -0.3 is 24.3 Å². The maximum Gasteiger partial charge on any atom is 0.311 e. The summed E-state index contributed by atoms with van der Waals surface area (Å²) >= 11 is 5.95. The lowest BCUT2D eigenvalue weighted by Crippen LogP contribution is -2.53. The van der Waals surface area contributed by atoms with Crippen LogP contribution >= 0.6 is 11.6 Å². The first-order valence-corrected chi connectivity index (χ1v) is 13.4. The quantitative estimate of drug-likeness (QED) is 0.510. The second kappa shape index (κ2) is 11.7. The lowest BCUT2D eigenvalue weighted by molar-refractivity contribution is -0.154. The van der Waals surface area contributed by atoms with Gasteiger partial charge in [-0.1, -0.05) is 11.6 Å². The Balaban J connectivity index is 1.42. The number of ether oxygens (including phenoxy) is 1.